The van der Waals surface area contributed by atoms with Crippen molar-refractivity contribution in [2.75, 3.05) is 6.61 Å². The summed E-state index contributed by atoms with van der Waals surface area (Å²) in [6, 6.07) is 0. The van der Waals surface area contributed by atoms with E-state index < -0.39 is 15.6 Å². The van der Waals surface area contributed by atoms with Gasteiger partial charge in [-0.15, -0.1) is 0 Å². The van der Waals surface area contributed by atoms with Crippen LogP contribution in [0.15, 0.2) is 23.3 Å². The Hall–Kier alpha value is -0.260. The van der Waals surface area contributed by atoms with Gasteiger partial charge in [-0.2, -0.15) is 4.31 Å². The minimum Gasteiger partial charge on any atom is -0.302 e. The molecule has 1 saturated carbocycles. The second-order valence-corrected chi connectivity index (χ2v) is 12.3. The predicted molar refractivity (Wildman–Crippen MR) is 113 cm³/mol. The summed E-state index contributed by atoms with van der Waals surface area (Å²) in [5.74, 6) is 1.18. The molecule has 0 amide bonds. The highest BCUT2D eigenvalue weighted by molar-refractivity contribution is 7.60. The Labute approximate surface area is 174 Å². The lowest BCUT2D eigenvalue weighted by Crippen LogP contribution is -2.43. The zero-order valence-corrected chi connectivity index (χ0v) is 19.9. The molecule has 0 aromatic heterocycles. The quantitative estimate of drug-likeness (QED) is 0.319. The van der Waals surface area contributed by atoms with Gasteiger partial charge in [0.15, 0.2) is 0 Å². The Balaban J connectivity index is 1.98. The Morgan fingerprint density at radius 2 is 1.93 bits per heavy atom. The molecule has 1 fully saturated rings. The highest BCUT2D eigenvalue weighted by Gasteiger charge is 2.47. The Morgan fingerprint density at radius 1 is 1.28 bits per heavy atom. The summed E-state index contributed by atoms with van der Waals surface area (Å²) in [6.45, 7) is 11.1. The third-order valence-corrected chi connectivity index (χ3v) is 9.15. The van der Waals surface area contributed by atoms with E-state index in [1.54, 1.807) is 11.6 Å². The molecule has 9 heteroatoms. The van der Waals surface area contributed by atoms with Crippen LogP contribution in [0.5, 0.6) is 0 Å². The zero-order chi connectivity index (χ0) is 22.1. The van der Waals surface area contributed by atoms with Crippen molar-refractivity contribution < 1.29 is 32.6 Å². The van der Waals surface area contributed by atoms with E-state index in [2.05, 4.69) is 42.6 Å². The normalized spacial score (nSPS) is 32.3. The van der Waals surface area contributed by atoms with Crippen LogP contribution in [0.1, 0.15) is 73.1 Å². The lowest BCUT2D eigenvalue weighted by molar-refractivity contribution is 0.0583. The lowest BCUT2D eigenvalue weighted by Gasteiger charge is -2.53. The van der Waals surface area contributed by atoms with Crippen molar-refractivity contribution in [2.24, 2.45) is 22.7 Å². The van der Waals surface area contributed by atoms with Gasteiger partial charge in [-0.1, -0.05) is 57.4 Å². The molecule has 0 bridgehead atoms. The van der Waals surface area contributed by atoms with Gasteiger partial charge in [0.05, 0.1) is 6.61 Å². The summed E-state index contributed by atoms with van der Waals surface area (Å²) in [5, 5.41) is 0. The molecular weight excluding hydrogens is 414 g/mol. The van der Waals surface area contributed by atoms with Crippen LogP contribution in [-0.2, 0) is 18.0 Å². The molecule has 0 aromatic carbocycles. The molecule has 0 saturated heterocycles. The number of allylic oxidation sites excluding steroid dienone is 3. The average molecular weight is 450 g/mol. The van der Waals surface area contributed by atoms with Crippen LogP contribution < -0.4 is 0 Å². The van der Waals surface area contributed by atoms with Crippen molar-refractivity contribution in [1.29, 1.82) is 0 Å². The standard InChI is InChI=1S/C20H36O7P2/c1-15(11-14-26-29(24,25)27-28(21,22)23)10-13-20(5)16(2)8-9-17-18(20)7-6-12-19(17,3)4/h9,11,16,18H,6-8,10,12-14H2,1-5H3,(H,24,25)(H2,21,22,23)/b15-11+/t16-,18?,20+/m0/s1. The summed E-state index contributed by atoms with van der Waals surface area (Å²) in [5.41, 5.74) is 3.10. The maximum absolute atomic E-state index is 11.5. The fourth-order valence-corrected chi connectivity index (χ4v) is 6.49. The molecule has 2 aliphatic rings. The number of phosphoric ester groups is 1. The molecule has 0 spiro atoms. The molecule has 2 rings (SSSR count). The summed E-state index contributed by atoms with van der Waals surface area (Å²) in [7, 11) is -9.88. The molecular formula is C20H36O7P2. The van der Waals surface area contributed by atoms with Crippen molar-refractivity contribution in [3.05, 3.63) is 23.3 Å². The van der Waals surface area contributed by atoms with Gasteiger partial charge < -0.3 is 14.7 Å². The molecule has 7 nitrogen and oxygen atoms in total. The van der Waals surface area contributed by atoms with Crippen LogP contribution in [0.2, 0.25) is 0 Å². The number of hydrogen-bond donors (Lipinski definition) is 3. The van der Waals surface area contributed by atoms with Gasteiger partial charge in [0.2, 0.25) is 0 Å². The highest BCUT2D eigenvalue weighted by atomic mass is 31.3. The summed E-state index contributed by atoms with van der Waals surface area (Å²) in [6.07, 6.45) is 10.8. The lowest BCUT2D eigenvalue weighted by atomic mass is 9.52. The van der Waals surface area contributed by atoms with Crippen LogP contribution in [0.3, 0.4) is 0 Å². The van der Waals surface area contributed by atoms with Gasteiger partial charge in [0.1, 0.15) is 0 Å². The van der Waals surface area contributed by atoms with Gasteiger partial charge in [-0.3, -0.25) is 4.52 Å². The van der Waals surface area contributed by atoms with Crippen molar-refractivity contribution in [3.8, 4) is 0 Å². The first-order chi connectivity index (χ1) is 13.2. The first-order valence-corrected chi connectivity index (χ1v) is 13.3. The molecule has 0 heterocycles. The van der Waals surface area contributed by atoms with E-state index in [-0.39, 0.29) is 17.4 Å². The summed E-state index contributed by atoms with van der Waals surface area (Å²) in [4.78, 5) is 26.6. The van der Waals surface area contributed by atoms with E-state index in [9.17, 15) is 14.0 Å². The van der Waals surface area contributed by atoms with Gasteiger partial charge in [0.25, 0.3) is 0 Å². The maximum atomic E-state index is 11.5. The molecule has 3 N–H and O–H groups in total. The molecule has 2 unspecified atom stereocenters. The molecule has 0 aromatic rings. The monoisotopic (exact) mass is 450 g/mol. The number of phosphoric acid groups is 2. The largest absolute Gasteiger partial charge is 0.481 e. The minimum atomic E-state index is -5.09. The predicted octanol–water partition coefficient (Wildman–Crippen LogP) is 5.74. The van der Waals surface area contributed by atoms with E-state index in [0.717, 1.165) is 24.8 Å². The van der Waals surface area contributed by atoms with Gasteiger partial charge in [-0.05, 0) is 61.7 Å². The Kier molecular flexibility index (Phi) is 7.83. The Morgan fingerprint density at radius 3 is 2.55 bits per heavy atom. The number of fused-ring (bicyclic) bond motifs is 1. The maximum Gasteiger partial charge on any atom is 0.481 e. The molecule has 0 aliphatic heterocycles. The van der Waals surface area contributed by atoms with Crippen LogP contribution in [-0.4, -0.2) is 21.3 Å². The second kappa shape index (κ2) is 9.08. The SMILES string of the molecule is C/C(=C\COP(=O)(O)OP(=O)(O)O)CC[C@@]1(C)C2CCCC(C)(C)C2=CC[C@@H]1C. The van der Waals surface area contributed by atoms with E-state index in [0.29, 0.717) is 11.8 Å². The fourth-order valence-electron chi connectivity index (χ4n) is 4.96. The first kappa shape index (κ1) is 25.0. The van der Waals surface area contributed by atoms with E-state index in [1.165, 1.54) is 19.3 Å². The molecule has 29 heavy (non-hydrogen) atoms. The van der Waals surface area contributed by atoms with Crippen molar-refractivity contribution in [1.82, 2.24) is 0 Å². The fraction of sp³-hybridized carbons (Fsp3) is 0.800. The van der Waals surface area contributed by atoms with Crippen LogP contribution >= 0.6 is 15.6 Å². The Bertz CT molecular complexity index is 752. The third-order valence-electron chi connectivity index (χ3n) is 7.00. The van der Waals surface area contributed by atoms with E-state index in [4.69, 9.17) is 9.79 Å². The number of rotatable bonds is 8. The minimum absolute atomic E-state index is 0.202. The van der Waals surface area contributed by atoms with Crippen molar-refractivity contribution in [3.63, 3.8) is 0 Å². The van der Waals surface area contributed by atoms with Crippen molar-refractivity contribution in [2.45, 2.75) is 73.1 Å². The van der Waals surface area contributed by atoms with Gasteiger partial charge >= 0.3 is 15.6 Å². The average Bonchev–Trinajstić information content (AvgIpc) is 2.54. The molecule has 0 radical (unpaired) electrons. The molecule has 4 atom stereocenters. The van der Waals surface area contributed by atoms with E-state index >= 15 is 0 Å². The molecule has 168 valence electrons. The highest BCUT2D eigenvalue weighted by Crippen LogP contribution is 2.59. The third kappa shape index (κ3) is 6.61. The zero-order valence-electron chi connectivity index (χ0n) is 18.1. The first-order valence-electron chi connectivity index (χ1n) is 10.3. The van der Waals surface area contributed by atoms with Crippen molar-refractivity contribution >= 4 is 15.6 Å². The van der Waals surface area contributed by atoms with Crippen LogP contribution in [0, 0.1) is 22.7 Å². The summed E-state index contributed by atoms with van der Waals surface area (Å²) >= 11 is 0. The van der Waals surface area contributed by atoms with E-state index in [1.807, 2.05) is 6.92 Å². The van der Waals surface area contributed by atoms with Gasteiger partial charge in [0, 0.05) is 0 Å². The summed E-state index contributed by atoms with van der Waals surface area (Å²) < 4.78 is 30.6. The number of hydrogen-bond acceptors (Lipinski definition) is 4. The topological polar surface area (TPSA) is 113 Å². The van der Waals surface area contributed by atoms with Gasteiger partial charge in [-0.25, -0.2) is 9.13 Å². The van der Waals surface area contributed by atoms with Crippen LogP contribution in [0.4, 0.5) is 0 Å². The molecule has 2 aliphatic carbocycles. The second-order valence-electron chi connectivity index (χ2n) is 9.52. The van der Waals surface area contributed by atoms with Crippen LogP contribution in [0.25, 0.3) is 0 Å². The smallest absolute Gasteiger partial charge is 0.302 e.